The molecular formula is C26H22ClN5O2S2. The van der Waals surface area contributed by atoms with Gasteiger partial charge in [-0.05, 0) is 56.3 Å². The first-order valence-corrected chi connectivity index (χ1v) is 13.4. The Kier molecular flexibility index (Phi) is 6.86. The van der Waals surface area contributed by atoms with Crippen LogP contribution in [0.4, 0.5) is 10.8 Å². The molecule has 0 fully saturated rings. The van der Waals surface area contributed by atoms with Crippen molar-refractivity contribution in [2.45, 2.75) is 20.3 Å². The first kappa shape index (κ1) is 24.2. The van der Waals surface area contributed by atoms with E-state index in [9.17, 15) is 9.59 Å². The zero-order valence-electron chi connectivity index (χ0n) is 19.6. The fraction of sp³-hybridized carbons (Fsp3) is 0.154. The molecule has 0 saturated carbocycles. The summed E-state index contributed by atoms with van der Waals surface area (Å²) >= 11 is 8.67. The van der Waals surface area contributed by atoms with Crippen LogP contribution in [0.1, 0.15) is 28.0 Å². The number of nitrogens with one attached hydrogen (secondary N) is 1. The summed E-state index contributed by atoms with van der Waals surface area (Å²) < 4.78 is 1.88. The molecule has 5 aromatic rings. The summed E-state index contributed by atoms with van der Waals surface area (Å²) in [4.78, 5) is 33.7. The van der Waals surface area contributed by atoms with Gasteiger partial charge in [0, 0.05) is 28.0 Å². The number of hydrogen-bond acceptors (Lipinski definition) is 6. The molecule has 2 amide bonds. The molecule has 7 nitrogen and oxygen atoms in total. The molecule has 3 heterocycles. The highest BCUT2D eigenvalue weighted by atomic mass is 35.5. The van der Waals surface area contributed by atoms with Gasteiger partial charge in [-0.3, -0.25) is 14.5 Å². The summed E-state index contributed by atoms with van der Waals surface area (Å²) in [6, 6.07) is 18.7. The topological polar surface area (TPSA) is 80.1 Å². The van der Waals surface area contributed by atoms with E-state index in [0.29, 0.717) is 33.0 Å². The van der Waals surface area contributed by atoms with Crippen molar-refractivity contribution in [1.82, 2.24) is 14.8 Å². The standard InChI is InChI=1S/C26H22ClN5O2S2/c1-3-31(26-29-19(15-35-26)13-23(33)28-18-11-9-17(27)10-12-18)24(34)22-14-21-16(2)30-32(25(21)36-22)20-7-5-4-6-8-20/h4-12,14-15H,3,13H2,1-2H3,(H,28,33). The van der Waals surface area contributed by atoms with E-state index < -0.39 is 0 Å². The maximum absolute atomic E-state index is 13.5. The van der Waals surface area contributed by atoms with E-state index in [1.807, 2.05) is 60.3 Å². The molecule has 36 heavy (non-hydrogen) atoms. The largest absolute Gasteiger partial charge is 0.326 e. The smallest absolute Gasteiger partial charge is 0.270 e. The van der Waals surface area contributed by atoms with Crippen LogP contribution in [0.5, 0.6) is 0 Å². The number of carbonyl (C=O) groups is 2. The minimum absolute atomic E-state index is 0.111. The predicted octanol–water partition coefficient (Wildman–Crippen LogP) is 6.35. The Morgan fingerprint density at radius 3 is 2.58 bits per heavy atom. The third-order valence-electron chi connectivity index (χ3n) is 5.56. The van der Waals surface area contributed by atoms with Gasteiger partial charge < -0.3 is 5.32 Å². The van der Waals surface area contributed by atoms with E-state index in [-0.39, 0.29) is 18.2 Å². The van der Waals surface area contributed by atoms with Crippen molar-refractivity contribution in [3.63, 3.8) is 0 Å². The van der Waals surface area contributed by atoms with Crippen molar-refractivity contribution in [1.29, 1.82) is 0 Å². The third kappa shape index (κ3) is 4.90. The van der Waals surface area contributed by atoms with Crippen LogP contribution in [-0.2, 0) is 11.2 Å². The fourth-order valence-corrected chi connectivity index (χ4v) is 5.94. The number of rotatable bonds is 7. The molecule has 3 aromatic heterocycles. The highest BCUT2D eigenvalue weighted by molar-refractivity contribution is 7.20. The lowest BCUT2D eigenvalue weighted by molar-refractivity contribution is -0.115. The average molecular weight is 536 g/mol. The van der Waals surface area contributed by atoms with E-state index in [0.717, 1.165) is 21.6 Å². The van der Waals surface area contributed by atoms with Gasteiger partial charge >= 0.3 is 0 Å². The SMILES string of the molecule is CCN(C(=O)c1cc2c(C)nn(-c3ccccc3)c2s1)c1nc(CC(=O)Nc2ccc(Cl)cc2)cs1. The average Bonchev–Trinajstić information content (AvgIpc) is 3.59. The van der Waals surface area contributed by atoms with Crippen molar-refractivity contribution in [2.75, 3.05) is 16.8 Å². The summed E-state index contributed by atoms with van der Waals surface area (Å²) in [6.07, 6.45) is 0.111. The number of thiazole rings is 1. The summed E-state index contributed by atoms with van der Waals surface area (Å²) in [5.74, 6) is -0.307. The van der Waals surface area contributed by atoms with Crippen LogP contribution in [0.2, 0.25) is 5.02 Å². The molecule has 2 aromatic carbocycles. The normalized spacial score (nSPS) is 11.1. The highest BCUT2D eigenvalue weighted by Crippen LogP contribution is 2.32. The van der Waals surface area contributed by atoms with Crippen molar-refractivity contribution >= 4 is 67.1 Å². The number of thiophene rings is 1. The van der Waals surface area contributed by atoms with Gasteiger partial charge in [-0.2, -0.15) is 5.10 Å². The number of aryl methyl sites for hydroxylation is 1. The van der Waals surface area contributed by atoms with Gasteiger partial charge in [0.2, 0.25) is 5.91 Å². The second-order valence-electron chi connectivity index (χ2n) is 8.06. The van der Waals surface area contributed by atoms with Gasteiger partial charge in [0.25, 0.3) is 5.91 Å². The van der Waals surface area contributed by atoms with Gasteiger partial charge in [0.15, 0.2) is 5.13 Å². The van der Waals surface area contributed by atoms with Crippen molar-refractivity contribution in [3.05, 3.63) is 87.3 Å². The second-order valence-corrected chi connectivity index (χ2v) is 10.4. The van der Waals surface area contributed by atoms with Crippen LogP contribution in [0, 0.1) is 6.92 Å². The van der Waals surface area contributed by atoms with E-state index in [2.05, 4.69) is 15.4 Å². The lowest BCUT2D eigenvalue weighted by atomic mass is 10.3. The third-order valence-corrected chi connectivity index (χ3v) is 7.82. The molecule has 1 N–H and O–H groups in total. The summed E-state index contributed by atoms with van der Waals surface area (Å²) in [5, 5.41) is 11.4. The number of nitrogens with zero attached hydrogens (tertiary/aromatic N) is 4. The Morgan fingerprint density at radius 2 is 1.86 bits per heavy atom. The summed E-state index contributed by atoms with van der Waals surface area (Å²) in [7, 11) is 0. The monoisotopic (exact) mass is 535 g/mol. The number of carbonyl (C=O) groups excluding carboxylic acids is 2. The summed E-state index contributed by atoms with van der Waals surface area (Å²) in [6.45, 7) is 4.32. The van der Waals surface area contributed by atoms with E-state index in [1.165, 1.54) is 22.7 Å². The number of aromatic nitrogens is 3. The number of amides is 2. The minimum atomic E-state index is -0.186. The van der Waals surface area contributed by atoms with Crippen LogP contribution in [0.25, 0.3) is 15.9 Å². The van der Waals surface area contributed by atoms with Crippen LogP contribution < -0.4 is 10.2 Å². The Labute approximate surface area is 221 Å². The van der Waals surface area contributed by atoms with Gasteiger partial charge in [-0.1, -0.05) is 29.8 Å². The number of fused-ring (bicyclic) bond motifs is 1. The first-order chi connectivity index (χ1) is 17.4. The number of para-hydroxylation sites is 1. The Hall–Kier alpha value is -3.53. The molecule has 182 valence electrons. The molecule has 0 aliphatic rings. The quantitative estimate of drug-likeness (QED) is 0.263. The Morgan fingerprint density at radius 1 is 1.11 bits per heavy atom. The van der Waals surface area contributed by atoms with Gasteiger partial charge in [0.1, 0.15) is 4.83 Å². The van der Waals surface area contributed by atoms with E-state index in [1.54, 1.807) is 29.2 Å². The van der Waals surface area contributed by atoms with Crippen molar-refractivity contribution in [2.24, 2.45) is 0 Å². The molecule has 0 unspecified atom stereocenters. The molecule has 0 aliphatic carbocycles. The molecule has 0 aliphatic heterocycles. The van der Waals surface area contributed by atoms with E-state index >= 15 is 0 Å². The zero-order valence-corrected chi connectivity index (χ0v) is 22.0. The maximum atomic E-state index is 13.5. The molecule has 0 spiro atoms. The van der Waals surface area contributed by atoms with Crippen LogP contribution in [-0.4, -0.2) is 33.1 Å². The van der Waals surface area contributed by atoms with Gasteiger partial charge in [-0.25, -0.2) is 9.67 Å². The lowest BCUT2D eigenvalue weighted by Crippen LogP contribution is -2.30. The lowest BCUT2D eigenvalue weighted by Gasteiger charge is -2.16. The molecule has 0 radical (unpaired) electrons. The van der Waals surface area contributed by atoms with Crippen molar-refractivity contribution < 1.29 is 9.59 Å². The minimum Gasteiger partial charge on any atom is -0.326 e. The second kappa shape index (κ2) is 10.2. The zero-order chi connectivity index (χ0) is 25.2. The number of benzene rings is 2. The number of hydrogen-bond donors (Lipinski definition) is 1. The molecule has 5 rings (SSSR count). The Balaban J connectivity index is 1.34. The highest BCUT2D eigenvalue weighted by Gasteiger charge is 2.24. The van der Waals surface area contributed by atoms with Crippen molar-refractivity contribution in [3.8, 4) is 5.69 Å². The molecule has 10 heteroatoms. The van der Waals surface area contributed by atoms with Gasteiger partial charge in [0.05, 0.1) is 28.4 Å². The maximum Gasteiger partial charge on any atom is 0.270 e. The van der Waals surface area contributed by atoms with Gasteiger partial charge in [-0.15, -0.1) is 22.7 Å². The number of anilines is 2. The fourth-order valence-electron chi connectivity index (χ4n) is 3.80. The molecule has 0 atom stereocenters. The number of halogens is 1. The molecule has 0 bridgehead atoms. The van der Waals surface area contributed by atoms with E-state index in [4.69, 9.17) is 11.6 Å². The molecular weight excluding hydrogens is 514 g/mol. The Bertz CT molecular complexity index is 1540. The summed E-state index contributed by atoms with van der Waals surface area (Å²) in [5.41, 5.74) is 3.10. The van der Waals surface area contributed by atoms with Crippen LogP contribution in [0.3, 0.4) is 0 Å². The van der Waals surface area contributed by atoms with Crippen LogP contribution in [0.15, 0.2) is 66.0 Å². The first-order valence-electron chi connectivity index (χ1n) is 11.3. The van der Waals surface area contributed by atoms with Crippen LogP contribution >= 0.6 is 34.3 Å². The predicted molar refractivity (Wildman–Crippen MR) is 147 cm³/mol. The molecule has 0 saturated heterocycles.